The van der Waals surface area contributed by atoms with E-state index in [1.165, 1.54) is 0 Å². The highest BCUT2D eigenvalue weighted by atomic mass is 16.6. The van der Waals surface area contributed by atoms with E-state index in [-0.39, 0.29) is 6.09 Å². The fourth-order valence-electron chi connectivity index (χ4n) is 2.73. The lowest BCUT2D eigenvalue weighted by atomic mass is 10.0. The molecule has 0 unspecified atom stereocenters. The highest BCUT2D eigenvalue weighted by Gasteiger charge is 2.25. The molecule has 0 bridgehead atoms. The van der Waals surface area contributed by atoms with Gasteiger partial charge in [0, 0.05) is 12.1 Å². The molecule has 0 atom stereocenters. The SMILES string of the molecule is Cc1[nH+]c2c(cc1/C(N)=N/N)CCCCN(C(=O)OC(C)(C)C)CN2. The summed E-state index contributed by atoms with van der Waals surface area (Å²) in [5.74, 6) is 6.48. The second-order valence-electron chi connectivity index (χ2n) is 7.26. The highest BCUT2D eigenvalue weighted by molar-refractivity contribution is 5.98. The van der Waals surface area contributed by atoms with Crippen molar-refractivity contribution in [2.75, 3.05) is 18.5 Å². The fourth-order valence-corrected chi connectivity index (χ4v) is 2.73. The average Bonchev–Trinajstić information content (AvgIpc) is 2.62. The van der Waals surface area contributed by atoms with E-state index in [2.05, 4.69) is 15.4 Å². The molecule has 0 fully saturated rings. The summed E-state index contributed by atoms with van der Waals surface area (Å²) in [6.45, 7) is 8.53. The largest absolute Gasteiger partial charge is 0.444 e. The number of rotatable bonds is 1. The van der Waals surface area contributed by atoms with Crippen LogP contribution in [0.4, 0.5) is 10.6 Å². The van der Waals surface area contributed by atoms with Gasteiger partial charge >= 0.3 is 6.09 Å². The first-order chi connectivity index (χ1) is 11.7. The molecule has 138 valence electrons. The molecule has 6 N–H and O–H groups in total. The van der Waals surface area contributed by atoms with E-state index in [0.29, 0.717) is 19.0 Å². The summed E-state index contributed by atoms with van der Waals surface area (Å²) < 4.78 is 5.48. The molecule has 0 saturated carbocycles. The molecular formula is C17H29N6O2+. The normalized spacial score (nSPS) is 16.2. The van der Waals surface area contributed by atoms with E-state index in [1.807, 2.05) is 33.8 Å². The molecule has 1 aliphatic heterocycles. The van der Waals surface area contributed by atoms with Gasteiger partial charge in [-0.2, -0.15) is 5.10 Å². The Morgan fingerprint density at radius 3 is 2.76 bits per heavy atom. The van der Waals surface area contributed by atoms with Crippen molar-refractivity contribution in [1.29, 1.82) is 0 Å². The van der Waals surface area contributed by atoms with Crippen molar-refractivity contribution in [3.05, 3.63) is 22.9 Å². The number of aromatic amines is 1. The zero-order chi connectivity index (χ0) is 18.6. The minimum absolute atomic E-state index is 0.298. The molecule has 1 aliphatic rings. The zero-order valence-corrected chi connectivity index (χ0v) is 15.5. The van der Waals surface area contributed by atoms with Gasteiger partial charge in [-0.25, -0.2) is 9.78 Å². The Morgan fingerprint density at radius 2 is 2.12 bits per heavy atom. The maximum absolute atomic E-state index is 12.4. The van der Waals surface area contributed by atoms with Gasteiger partial charge in [0.1, 0.15) is 11.3 Å². The van der Waals surface area contributed by atoms with Crippen LogP contribution in [0.5, 0.6) is 0 Å². The summed E-state index contributed by atoms with van der Waals surface area (Å²) in [5, 5.41) is 6.89. The Labute approximate surface area is 148 Å². The van der Waals surface area contributed by atoms with Gasteiger partial charge in [-0.05, 0) is 53.0 Å². The van der Waals surface area contributed by atoms with Crippen molar-refractivity contribution in [2.45, 2.75) is 52.6 Å². The van der Waals surface area contributed by atoms with E-state index in [4.69, 9.17) is 16.3 Å². The summed E-state index contributed by atoms with van der Waals surface area (Å²) in [5.41, 5.74) is 8.11. The van der Waals surface area contributed by atoms with Gasteiger partial charge in [0.15, 0.2) is 12.5 Å². The van der Waals surface area contributed by atoms with E-state index >= 15 is 0 Å². The lowest BCUT2D eigenvalue weighted by Gasteiger charge is -2.26. The number of nitrogens with two attached hydrogens (primary N) is 2. The number of carbonyl (C=O) groups excluding carboxylic acids is 1. The Hall–Kier alpha value is -2.51. The number of pyridine rings is 1. The van der Waals surface area contributed by atoms with Crippen molar-refractivity contribution in [2.24, 2.45) is 16.7 Å². The predicted octanol–water partition coefficient (Wildman–Crippen LogP) is 1.33. The van der Waals surface area contributed by atoms with Crippen molar-refractivity contribution >= 4 is 17.7 Å². The maximum atomic E-state index is 12.4. The van der Waals surface area contributed by atoms with Crippen LogP contribution < -0.4 is 21.9 Å². The number of fused-ring (bicyclic) bond motifs is 1. The molecule has 2 rings (SSSR count). The number of H-pyrrole nitrogens is 1. The molecule has 25 heavy (non-hydrogen) atoms. The second-order valence-corrected chi connectivity index (χ2v) is 7.26. The third kappa shape index (κ3) is 4.98. The standard InChI is InChI=1S/C17H28N6O2/c1-11-13(14(18)22-19)9-12-7-5-6-8-23(10-20-15(12)21-11)16(24)25-17(2,3)4/h9H,5-8,10,19H2,1-4H3,(H2,18,22)(H,20,21)/p+1. The molecule has 0 aliphatic carbocycles. The van der Waals surface area contributed by atoms with E-state index in [0.717, 1.165) is 41.9 Å². The molecule has 1 aromatic rings. The topological polar surface area (TPSA) is 120 Å². The van der Waals surface area contributed by atoms with Gasteiger partial charge in [0.2, 0.25) is 0 Å². The number of ether oxygens (including phenoxy) is 1. The van der Waals surface area contributed by atoms with Crippen LogP contribution >= 0.6 is 0 Å². The fraction of sp³-hybridized carbons (Fsp3) is 0.588. The number of hydrogen-bond acceptors (Lipinski definition) is 5. The van der Waals surface area contributed by atoms with Crippen molar-refractivity contribution in [1.82, 2.24) is 4.90 Å². The Balaban J connectivity index is 2.22. The molecule has 0 spiro atoms. The van der Waals surface area contributed by atoms with Crippen LogP contribution in [0.1, 0.15) is 50.4 Å². The molecule has 8 heteroatoms. The number of aromatic nitrogens is 1. The summed E-state index contributed by atoms with van der Waals surface area (Å²) in [6.07, 6.45) is 2.40. The molecule has 1 aromatic heterocycles. The van der Waals surface area contributed by atoms with E-state index in [1.54, 1.807) is 4.90 Å². The number of amidine groups is 1. The Bertz CT molecular complexity index is 666. The summed E-state index contributed by atoms with van der Waals surface area (Å²) in [7, 11) is 0. The molecule has 0 aromatic carbocycles. The van der Waals surface area contributed by atoms with Gasteiger partial charge in [0.25, 0.3) is 5.82 Å². The number of amides is 1. The summed E-state index contributed by atoms with van der Waals surface area (Å²) in [6, 6.07) is 2.00. The van der Waals surface area contributed by atoms with Crippen LogP contribution in [0.25, 0.3) is 0 Å². The Morgan fingerprint density at radius 1 is 1.40 bits per heavy atom. The second kappa shape index (κ2) is 7.58. The predicted molar refractivity (Wildman–Crippen MR) is 97.0 cm³/mol. The molecule has 8 nitrogen and oxygen atoms in total. The summed E-state index contributed by atoms with van der Waals surface area (Å²) >= 11 is 0. The maximum Gasteiger partial charge on any atom is 0.413 e. The van der Waals surface area contributed by atoms with E-state index in [9.17, 15) is 4.79 Å². The van der Waals surface area contributed by atoms with Crippen LogP contribution in [0, 0.1) is 6.92 Å². The van der Waals surface area contributed by atoms with Gasteiger partial charge in [0.05, 0.1) is 5.56 Å². The first-order valence-corrected chi connectivity index (χ1v) is 8.52. The van der Waals surface area contributed by atoms with Crippen LogP contribution in [0.2, 0.25) is 0 Å². The van der Waals surface area contributed by atoms with Crippen molar-refractivity contribution in [3.8, 4) is 0 Å². The number of nitrogens with one attached hydrogen (secondary N) is 2. The number of carbonyl (C=O) groups is 1. The van der Waals surface area contributed by atoms with Gasteiger partial charge in [-0.15, -0.1) is 0 Å². The quantitative estimate of drug-likeness (QED) is 0.306. The summed E-state index contributed by atoms with van der Waals surface area (Å²) in [4.78, 5) is 17.4. The van der Waals surface area contributed by atoms with Crippen LogP contribution in [-0.2, 0) is 11.2 Å². The van der Waals surface area contributed by atoms with Crippen molar-refractivity contribution in [3.63, 3.8) is 0 Å². The minimum Gasteiger partial charge on any atom is -0.444 e. The average molecular weight is 349 g/mol. The molecule has 2 heterocycles. The van der Waals surface area contributed by atoms with Crippen LogP contribution in [-0.4, -0.2) is 35.6 Å². The first kappa shape index (κ1) is 18.8. The highest BCUT2D eigenvalue weighted by Crippen LogP contribution is 2.19. The lowest BCUT2D eigenvalue weighted by Crippen LogP contribution is -2.40. The van der Waals surface area contributed by atoms with Crippen LogP contribution in [0.3, 0.4) is 0 Å². The number of nitrogens with zero attached hydrogens (tertiary/aromatic N) is 2. The van der Waals surface area contributed by atoms with Gasteiger partial charge in [-0.1, -0.05) is 0 Å². The third-order valence-corrected chi connectivity index (χ3v) is 3.99. The first-order valence-electron chi connectivity index (χ1n) is 8.52. The minimum atomic E-state index is -0.510. The third-order valence-electron chi connectivity index (χ3n) is 3.99. The molecule has 1 amide bonds. The molecule has 0 saturated heterocycles. The smallest absolute Gasteiger partial charge is 0.413 e. The number of anilines is 1. The zero-order valence-electron chi connectivity index (χ0n) is 15.5. The van der Waals surface area contributed by atoms with Gasteiger partial charge < -0.3 is 16.3 Å². The molecule has 0 radical (unpaired) electrons. The van der Waals surface area contributed by atoms with Crippen molar-refractivity contribution < 1.29 is 14.5 Å². The number of hydrazone groups is 1. The van der Waals surface area contributed by atoms with E-state index < -0.39 is 5.60 Å². The number of aryl methyl sites for hydroxylation is 2. The Kier molecular flexibility index (Phi) is 5.71. The monoisotopic (exact) mass is 349 g/mol. The lowest BCUT2D eigenvalue weighted by molar-refractivity contribution is -0.371. The number of hydrogen-bond donors (Lipinski definition) is 3. The molecular weight excluding hydrogens is 320 g/mol. The van der Waals surface area contributed by atoms with Gasteiger partial charge in [-0.3, -0.25) is 10.2 Å². The van der Waals surface area contributed by atoms with Crippen LogP contribution in [0.15, 0.2) is 11.2 Å².